The molecule has 1 N–H and O–H groups in total. The van der Waals surface area contributed by atoms with E-state index in [0.29, 0.717) is 10.7 Å². The number of anilines is 1. The molecule has 0 spiro atoms. The predicted octanol–water partition coefficient (Wildman–Crippen LogP) is 4.65. The Kier molecular flexibility index (Phi) is 3.61. The molecule has 0 bridgehead atoms. The topological polar surface area (TPSA) is 42.0 Å². The highest BCUT2D eigenvalue weighted by Crippen LogP contribution is 2.25. The van der Waals surface area contributed by atoms with Crippen LogP contribution in [0.15, 0.2) is 36.4 Å². The Morgan fingerprint density at radius 1 is 1.29 bits per heavy atom. The summed E-state index contributed by atoms with van der Waals surface area (Å²) in [7, 11) is 0. The van der Waals surface area contributed by atoms with Crippen molar-refractivity contribution in [1.82, 2.24) is 4.98 Å². The smallest absolute Gasteiger partial charge is 0.258 e. The van der Waals surface area contributed by atoms with Crippen molar-refractivity contribution >= 4 is 44.7 Å². The number of hydrogen-bond donors (Lipinski definition) is 1. The van der Waals surface area contributed by atoms with E-state index in [-0.39, 0.29) is 5.56 Å². The van der Waals surface area contributed by atoms with Gasteiger partial charge in [0, 0.05) is 10.7 Å². The van der Waals surface area contributed by atoms with Crippen LogP contribution in [0.5, 0.6) is 0 Å². The summed E-state index contributed by atoms with van der Waals surface area (Å²) in [5.41, 5.74) is 1.39. The van der Waals surface area contributed by atoms with Crippen molar-refractivity contribution in [3.8, 4) is 0 Å². The molecule has 0 unspecified atom stereocenters. The lowest BCUT2D eigenvalue weighted by Gasteiger charge is -2.06. The summed E-state index contributed by atoms with van der Waals surface area (Å²) < 4.78 is 14.6. The first kappa shape index (κ1) is 14.0. The first-order valence-electron chi connectivity index (χ1n) is 6.16. The van der Waals surface area contributed by atoms with E-state index in [1.54, 1.807) is 6.07 Å². The van der Waals surface area contributed by atoms with E-state index in [1.807, 2.05) is 19.1 Å². The predicted molar refractivity (Wildman–Crippen MR) is 83.7 cm³/mol. The van der Waals surface area contributed by atoms with Crippen molar-refractivity contribution in [3.05, 3.63) is 57.8 Å². The number of halogens is 2. The van der Waals surface area contributed by atoms with Crippen LogP contribution in [0.25, 0.3) is 10.2 Å². The lowest BCUT2D eigenvalue weighted by Crippen LogP contribution is -2.13. The Bertz CT molecular complexity index is 847. The summed E-state index contributed by atoms with van der Waals surface area (Å²) in [6.07, 6.45) is 0. The molecule has 0 saturated heterocycles. The Hall–Kier alpha value is -1.98. The van der Waals surface area contributed by atoms with Crippen LogP contribution in [0.1, 0.15) is 15.4 Å². The largest absolute Gasteiger partial charge is 0.322 e. The van der Waals surface area contributed by atoms with Gasteiger partial charge in [-0.05, 0) is 43.3 Å². The van der Waals surface area contributed by atoms with Crippen LogP contribution in [0, 0.1) is 12.7 Å². The van der Waals surface area contributed by atoms with Crippen LogP contribution in [-0.4, -0.2) is 10.9 Å². The highest BCUT2D eigenvalue weighted by molar-refractivity contribution is 7.18. The van der Waals surface area contributed by atoms with Crippen molar-refractivity contribution in [2.24, 2.45) is 0 Å². The third kappa shape index (κ3) is 2.89. The van der Waals surface area contributed by atoms with Gasteiger partial charge in [-0.1, -0.05) is 11.6 Å². The standard InChI is InChI=1S/C15H10ClFN2OS/c1-8-18-13-5-3-10(7-14(13)21-8)19-15(20)11-6-9(16)2-4-12(11)17/h2-7H,1H3,(H,19,20). The second kappa shape index (κ2) is 5.42. The molecule has 1 amide bonds. The van der Waals surface area contributed by atoms with E-state index in [1.165, 1.54) is 29.5 Å². The lowest BCUT2D eigenvalue weighted by molar-refractivity contribution is 0.102. The van der Waals surface area contributed by atoms with Gasteiger partial charge in [0.25, 0.3) is 5.91 Å². The minimum Gasteiger partial charge on any atom is -0.322 e. The van der Waals surface area contributed by atoms with Crippen LogP contribution in [0.2, 0.25) is 5.02 Å². The monoisotopic (exact) mass is 320 g/mol. The Labute approximate surface area is 129 Å². The average Bonchev–Trinajstić information content (AvgIpc) is 2.80. The number of fused-ring (bicyclic) bond motifs is 1. The molecule has 0 fully saturated rings. The van der Waals surface area contributed by atoms with Gasteiger partial charge in [0.15, 0.2) is 0 Å². The number of carbonyl (C=O) groups is 1. The lowest BCUT2D eigenvalue weighted by atomic mass is 10.2. The van der Waals surface area contributed by atoms with Crippen LogP contribution >= 0.6 is 22.9 Å². The fourth-order valence-corrected chi connectivity index (χ4v) is 3.03. The van der Waals surface area contributed by atoms with Crippen LogP contribution in [0.4, 0.5) is 10.1 Å². The molecular formula is C15H10ClFN2OS. The van der Waals surface area contributed by atoms with Gasteiger partial charge >= 0.3 is 0 Å². The third-order valence-corrected chi connectivity index (χ3v) is 4.09. The molecule has 1 aromatic heterocycles. The number of rotatable bonds is 2. The van der Waals surface area contributed by atoms with Crippen LogP contribution < -0.4 is 5.32 Å². The minimum atomic E-state index is -0.605. The first-order valence-corrected chi connectivity index (χ1v) is 7.36. The maximum absolute atomic E-state index is 13.7. The fraction of sp³-hybridized carbons (Fsp3) is 0.0667. The van der Waals surface area contributed by atoms with Gasteiger partial charge in [0.2, 0.25) is 0 Å². The van der Waals surface area contributed by atoms with E-state index >= 15 is 0 Å². The summed E-state index contributed by atoms with van der Waals surface area (Å²) in [6.45, 7) is 1.92. The zero-order chi connectivity index (χ0) is 15.0. The highest BCUT2D eigenvalue weighted by Gasteiger charge is 2.13. The maximum Gasteiger partial charge on any atom is 0.258 e. The third-order valence-electron chi connectivity index (χ3n) is 2.93. The Morgan fingerprint density at radius 2 is 2.10 bits per heavy atom. The van der Waals surface area contributed by atoms with Gasteiger partial charge < -0.3 is 5.32 Å². The second-order valence-electron chi connectivity index (χ2n) is 4.49. The number of benzene rings is 2. The molecule has 0 aliphatic heterocycles. The minimum absolute atomic E-state index is 0.0805. The normalized spacial score (nSPS) is 10.8. The number of carbonyl (C=O) groups excluding carboxylic acids is 1. The molecule has 106 valence electrons. The van der Waals surface area contributed by atoms with E-state index in [9.17, 15) is 9.18 Å². The summed E-state index contributed by atoms with van der Waals surface area (Å²) in [6, 6.07) is 9.26. The number of amides is 1. The molecule has 0 aliphatic rings. The molecule has 0 aliphatic carbocycles. The number of nitrogens with zero attached hydrogens (tertiary/aromatic N) is 1. The molecule has 0 saturated carbocycles. The summed E-state index contributed by atoms with van der Waals surface area (Å²) >= 11 is 7.33. The fourth-order valence-electron chi connectivity index (χ4n) is 1.99. The van der Waals surface area contributed by atoms with Gasteiger partial charge in [-0.25, -0.2) is 9.37 Å². The van der Waals surface area contributed by atoms with Crippen molar-refractivity contribution in [1.29, 1.82) is 0 Å². The molecule has 21 heavy (non-hydrogen) atoms. The molecule has 3 aromatic rings. The molecule has 1 heterocycles. The Balaban J connectivity index is 1.90. The van der Waals surface area contributed by atoms with E-state index < -0.39 is 11.7 Å². The molecule has 3 nitrogen and oxygen atoms in total. The summed E-state index contributed by atoms with van der Waals surface area (Å²) in [5, 5.41) is 3.94. The highest BCUT2D eigenvalue weighted by atomic mass is 35.5. The van der Waals surface area contributed by atoms with E-state index in [4.69, 9.17) is 11.6 Å². The zero-order valence-corrected chi connectivity index (χ0v) is 12.6. The zero-order valence-electron chi connectivity index (χ0n) is 11.0. The van der Waals surface area contributed by atoms with Gasteiger partial charge in [-0.2, -0.15) is 0 Å². The molecule has 6 heteroatoms. The molecule has 2 aromatic carbocycles. The van der Waals surface area contributed by atoms with Crippen LogP contribution in [-0.2, 0) is 0 Å². The van der Waals surface area contributed by atoms with Crippen molar-refractivity contribution in [2.45, 2.75) is 6.92 Å². The number of aromatic nitrogens is 1. The van der Waals surface area contributed by atoms with Crippen molar-refractivity contribution in [3.63, 3.8) is 0 Å². The molecule has 0 atom stereocenters. The van der Waals surface area contributed by atoms with E-state index in [0.717, 1.165) is 15.2 Å². The van der Waals surface area contributed by atoms with Gasteiger partial charge in [0.1, 0.15) is 5.82 Å². The summed E-state index contributed by atoms with van der Waals surface area (Å²) in [4.78, 5) is 16.5. The van der Waals surface area contributed by atoms with Gasteiger partial charge in [0.05, 0.1) is 20.8 Å². The van der Waals surface area contributed by atoms with E-state index in [2.05, 4.69) is 10.3 Å². The second-order valence-corrected chi connectivity index (χ2v) is 6.16. The quantitative estimate of drug-likeness (QED) is 0.746. The number of aryl methyl sites for hydroxylation is 1. The van der Waals surface area contributed by atoms with Crippen molar-refractivity contribution in [2.75, 3.05) is 5.32 Å². The average molecular weight is 321 g/mol. The first-order chi connectivity index (χ1) is 10.0. The van der Waals surface area contributed by atoms with Crippen molar-refractivity contribution < 1.29 is 9.18 Å². The Morgan fingerprint density at radius 3 is 2.90 bits per heavy atom. The summed E-state index contributed by atoms with van der Waals surface area (Å²) in [5.74, 6) is -1.14. The number of hydrogen-bond acceptors (Lipinski definition) is 3. The van der Waals surface area contributed by atoms with Crippen LogP contribution in [0.3, 0.4) is 0 Å². The van der Waals surface area contributed by atoms with Gasteiger partial charge in [-0.15, -0.1) is 11.3 Å². The number of thiazole rings is 1. The SMILES string of the molecule is Cc1nc2ccc(NC(=O)c3cc(Cl)ccc3F)cc2s1. The molecular weight excluding hydrogens is 311 g/mol. The molecule has 3 rings (SSSR count). The maximum atomic E-state index is 13.7. The van der Waals surface area contributed by atoms with Gasteiger partial charge in [-0.3, -0.25) is 4.79 Å². The molecule has 0 radical (unpaired) electrons. The number of nitrogens with one attached hydrogen (secondary N) is 1.